The summed E-state index contributed by atoms with van der Waals surface area (Å²) >= 11 is 0. The fourth-order valence-corrected chi connectivity index (χ4v) is 1.68. The summed E-state index contributed by atoms with van der Waals surface area (Å²) in [6.45, 7) is 5.42. The topological polar surface area (TPSA) is 12.4 Å². The van der Waals surface area contributed by atoms with Gasteiger partial charge in [0.05, 0.1) is 0 Å². The van der Waals surface area contributed by atoms with Gasteiger partial charge >= 0.3 is 0 Å². The van der Waals surface area contributed by atoms with Crippen molar-refractivity contribution in [3.63, 3.8) is 0 Å². The second-order valence-electron chi connectivity index (χ2n) is 3.90. The van der Waals surface area contributed by atoms with Crippen molar-refractivity contribution in [1.82, 2.24) is 0 Å². The zero-order valence-electron chi connectivity index (χ0n) is 8.25. The van der Waals surface area contributed by atoms with Crippen molar-refractivity contribution in [2.24, 2.45) is 4.99 Å². The van der Waals surface area contributed by atoms with Crippen LogP contribution >= 0.6 is 0 Å². The highest BCUT2D eigenvalue weighted by Gasteiger charge is 2.07. The molecule has 0 bridgehead atoms. The van der Waals surface area contributed by atoms with Crippen LogP contribution in [0.3, 0.4) is 0 Å². The Balaban J connectivity index is 2.42. The molecular formula is C12H15N. The third kappa shape index (κ3) is 1.64. The quantitative estimate of drug-likeness (QED) is 0.619. The molecule has 68 valence electrons. The minimum absolute atomic E-state index is 0.629. The van der Waals surface area contributed by atoms with E-state index in [0.717, 1.165) is 13.0 Å². The molecule has 0 unspecified atom stereocenters. The average Bonchev–Trinajstić information content (AvgIpc) is 2.17. The maximum Gasteiger partial charge on any atom is 0.0430 e. The number of rotatable bonds is 1. The molecule has 1 aliphatic rings. The molecule has 0 N–H and O–H groups in total. The van der Waals surface area contributed by atoms with Crippen molar-refractivity contribution in [3.8, 4) is 0 Å². The van der Waals surface area contributed by atoms with Crippen LogP contribution in [0, 0.1) is 0 Å². The van der Waals surface area contributed by atoms with Gasteiger partial charge in [0, 0.05) is 12.8 Å². The van der Waals surface area contributed by atoms with Gasteiger partial charge in [-0.3, -0.25) is 4.99 Å². The fraction of sp³-hybridized carbons (Fsp3) is 0.417. The van der Waals surface area contributed by atoms with Gasteiger partial charge in [-0.05, 0) is 29.0 Å². The van der Waals surface area contributed by atoms with E-state index in [1.807, 2.05) is 6.21 Å². The zero-order chi connectivity index (χ0) is 9.26. The second kappa shape index (κ2) is 3.33. The molecule has 0 aromatic heterocycles. The Morgan fingerprint density at radius 2 is 2.15 bits per heavy atom. The summed E-state index contributed by atoms with van der Waals surface area (Å²) in [5, 5.41) is 0. The molecule has 1 aromatic rings. The lowest BCUT2D eigenvalue weighted by Gasteiger charge is -2.13. The monoisotopic (exact) mass is 173 g/mol. The summed E-state index contributed by atoms with van der Waals surface area (Å²) in [5.74, 6) is 0.629. The van der Waals surface area contributed by atoms with E-state index in [0.29, 0.717) is 5.92 Å². The van der Waals surface area contributed by atoms with Crippen LogP contribution in [-0.2, 0) is 6.42 Å². The van der Waals surface area contributed by atoms with E-state index in [-0.39, 0.29) is 0 Å². The van der Waals surface area contributed by atoms with Gasteiger partial charge in [-0.1, -0.05) is 32.0 Å². The first-order valence-corrected chi connectivity index (χ1v) is 4.90. The van der Waals surface area contributed by atoms with E-state index in [1.165, 1.54) is 16.7 Å². The van der Waals surface area contributed by atoms with Gasteiger partial charge in [-0.15, -0.1) is 0 Å². The van der Waals surface area contributed by atoms with Gasteiger partial charge in [0.15, 0.2) is 0 Å². The van der Waals surface area contributed by atoms with Gasteiger partial charge in [0.1, 0.15) is 0 Å². The minimum atomic E-state index is 0.629. The molecule has 2 rings (SSSR count). The first-order chi connectivity index (χ1) is 6.27. The molecule has 0 fully saturated rings. The Bertz CT molecular complexity index is 337. The summed E-state index contributed by atoms with van der Waals surface area (Å²) in [7, 11) is 0. The maximum atomic E-state index is 4.27. The molecule has 0 spiro atoms. The Hall–Kier alpha value is -1.11. The van der Waals surface area contributed by atoms with E-state index in [9.17, 15) is 0 Å². The zero-order valence-corrected chi connectivity index (χ0v) is 8.25. The molecule has 1 aliphatic heterocycles. The number of nitrogens with zero attached hydrogens (tertiary/aromatic N) is 1. The molecule has 1 nitrogen and oxygen atoms in total. The molecule has 1 heteroatoms. The highest BCUT2D eigenvalue weighted by molar-refractivity contribution is 5.82. The summed E-state index contributed by atoms with van der Waals surface area (Å²) in [6.07, 6.45) is 3.09. The molecule has 1 heterocycles. The van der Waals surface area contributed by atoms with Crippen LogP contribution in [0.1, 0.15) is 36.5 Å². The molecule has 0 saturated heterocycles. The van der Waals surface area contributed by atoms with E-state index in [4.69, 9.17) is 0 Å². The van der Waals surface area contributed by atoms with Crippen molar-refractivity contribution in [3.05, 3.63) is 34.9 Å². The van der Waals surface area contributed by atoms with Crippen molar-refractivity contribution in [1.29, 1.82) is 0 Å². The second-order valence-corrected chi connectivity index (χ2v) is 3.90. The number of hydrogen-bond acceptors (Lipinski definition) is 1. The molecule has 0 atom stereocenters. The van der Waals surface area contributed by atoms with Crippen molar-refractivity contribution in [2.75, 3.05) is 6.54 Å². The maximum absolute atomic E-state index is 4.27. The van der Waals surface area contributed by atoms with Crippen molar-refractivity contribution < 1.29 is 0 Å². The third-order valence-corrected chi connectivity index (χ3v) is 2.57. The first-order valence-electron chi connectivity index (χ1n) is 4.90. The molecule has 0 saturated carbocycles. The van der Waals surface area contributed by atoms with Crippen LogP contribution in [0.25, 0.3) is 0 Å². The average molecular weight is 173 g/mol. The van der Waals surface area contributed by atoms with Crippen LogP contribution in [0.15, 0.2) is 23.2 Å². The van der Waals surface area contributed by atoms with E-state index in [2.05, 4.69) is 37.0 Å². The summed E-state index contributed by atoms with van der Waals surface area (Å²) < 4.78 is 0. The lowest BCUT2D eigenvalue weighted by Crippen LogP contribution is -2.03. The Kier molecular flexibility index (Phi) is 2.17. The molecular weight excluding hydrogens is 158 g/mol. The van der Waals surface area contributed by atoms with E-state index in [1.54, 1.807) is 0 Å². The lowest BCUT2D eigenvalue weighted by molar-refractivity contribution is 0.856. The Morgan fingerprint density at radius 3 is 2.92 bits per heavy atom. The SMILES string of the molecule is CC(C)c1ccc2c(c1)CCN=C2. The highest BCUT2D eigenvalue weighted by Crippen LogP contribution is 2.20. The van der Waals surface area contributed by atoms with E-state index >= 15 is 0 Å². The van der Waals surface area contributed by atoms with Crippen LogP contribution in [-0.4, -0.2) is 12.8 Å². The van der Waals surface area contributed by atoms with Crippen LogP contribution < -0.4 is 0 Å². The Labute approximate surface area is 79.5 Å². The van der Waals surface area contributed by atoms with Crippen molar-refractivity contribution in [2.45, 2.75) is 26.2 Å². The molecule has 1 aromatic carbocycles. The van der Waals surface area contributed by atoms with Crippen LogP contribution in [0.2, 0.25) is 0 Å². The fourth-order valence-electron chi connectivity index (χ4n) is 1.68. The van der Waals surface area contributed by atoms with Gasteiger partial charge in [-0.25, -0.2) is 0 Å². The van der Waals surface area contributed by atoms with Gasteiger partial charge in [0.25, 0.3) is 0 Å². The minimum Gasteiger partial charge on any atom is -0.292 e. The number of benzene rings is 1. The first kappa shape index (κ1) is 8.49. The number of fused-ring (bicyclic) bond motifs is 1. The predicted molar refractivity (Wildman–Crippen MR) is 56.7 cm³/mol. The highest BCUT2D eigenvalue weighted by atomic mass is 14.7. The van der Waals surface area contributed by atoms with Gasteiger partial charge in [0.2, 0.25) is 0 Å². The largest absolute Gasteiger partial charge is 0.292 e. The molecule has 0 radical (unpaired) electrons. The smallest absolute Gasteiger partial charge is 0.0430 e. The normalized spacial score (nSPS) is 14.7. The molecule has 13 heavy (non-hydrogen) atoms. The van der Waals surface area contributed by atoms with Gasteiger partial charge in [-0.2, -0.15) is 0 Å². The molecule has 0 aliphatic carbocycles. The van der Waals surface area contributed by atoms with E-state index < -0.39 is 0 Å². The Morgan fingerprint density at radius 1 is 1.31 bits per heavy atom. The summed E-state index contributed by atoms with van der Waals surface area (Å²) in [6, 6.07) is 6.72. The number of aliphatic imine (C=N–C) groups is 1. The van der Waals surface area contributed by atoms with Crippen LogP contribution in [0.5, 0.6) is 0 Å². The standard InChI is InChI=1S/C12H15N/c1-9(2)10-3-4-12-8-13-6-5-11(12)7-10/h3-4,7-9H,5-6H2,1-2H3. The molecule has 0 amide bonds. The van der Waals surface area contributed by atoms with Crippen molar-refractivity contribution >= 4 is 6.21 Å². The summed E-state index contributed by atoms with van der Waals surface area (Å²) in [5.41, 5.74) is 4.20. The predicted octanol–water partition coefficient (Wildman–Crippen LogP) is 2.79. The number of hydrogen-bond donors (Lipinski definition) is 0. The summed E-state index contributed by atoms with van der Waals surface area (Å²) in [4.78, 5) is 4.27. The third-order valence-electron chi connectivity index (χ3n) is 2.57. The van der Waals surface area contributed by atoms with Gasteiger partial charge < -0.3 is 0 Å². The lowest BCUT2D eigenvalue weighted by atomic mass is 9.95. The van der Waals surface area contributed by atoms with Crippen LogP contribution in [0.4, 0.5) is 0 Å².